The number of fused-ring (bicyclic) bond motifs is 1. The average molecular weight is 431 g/mol. The highest BCUT2D eigenvalue weighted by Gasteiger charge is 2.17. The van der Waals surface area contributed by atoms with Gasteiger partial charge in [-0.25, -0.2) is 0 Å². The Morgan fingerprint density at radius 2 is 1.72 bits per heavy atom. The first-order chi connectivity index (χ1) is 15.7. The smallest absolute Gasteiger partial charge is 0.264 e. The summed E-state index contributed by atoms with van der Waals surface area (Å²) in [5, 5.41) is 6.46. The topological polar surface area (TPSA) is 63.9 Å². The van der Waals surface area contributed by atoms with Gasteiger partial charge in [0.05, 0.1) is 7.11 Å². The predicted molar refractivity (Wildman–Crippen MR) is 124 cm³/mol. The van der Waals surface area contributed by atoms with Crippen molar-refractivity contribution in [2.75, 3.05) is 45.2 Å². The van der Waals surface area contributed by atoms with Gasteiger partial charge in [-0.15, -0.1) is 0 Å². The second-order valence-corrected chi connectivity index (χ2v) is 7.98. The maximum Gasteiger partial charge on any atom is 0.264 e. The Bertz CT molecular complexity index is 1200. The zero-order valence-corrected chi connectivity index (χ0v) is 18.3. The van der Waals surface area contributed by atoms with Gasteiger partial charge in [-0.2, -0.15) is 4.98 Å². The lowest BCUT2D eigenvalue weighted by Gasteiger charge is -2.34. The van der Waals surface area contributed by atoms with Gasteiger partial charge >= 0.3 is 0 Å². The van der Waals surface area contributed by atoms with Crippen molar-refractivity contribution >= 4 is 16.5 Å². The first-order valence-electron chi connectivity index (χ1n) is 10.8. The molecule has 7 heteroatoms. The number of likely N-dealkylation sites (N-methyl/N-ethyl adjacent to an activating group) is 1. The van der Waals surface area contributed by atoms with E-state index in [0.29, 0.717) is 11.7 Å². The summed E-state index contributed by atoms with van der Waals surface area (Å²) in [5.74, 6) is 2.53. The van der Waals surface area contributed by atoms with E-state index in [2.05, 4.69) is 57.3 Å². The minimum absolute atomic E-state index is 0.214. The molecule has 32 heavy (non-hydrogen) atoms. The van der Waals surface area contributed by atoms with Crippen molar-refractivity contribution < 1.29 is 14.0 Å². The van der Waals surface area contributed by atoms with Crippen LogP contribution in [0.5, 0.6) is 11.5 Å². The highest BCUT2D eigenvalue weighted by molar-refractivity contribution is 5.95. The molecule has 5 rings (SSSR count). The Kier molecular flexibility index (Phi) is 5.64. The third-order valence-electron chi connectivity index (χ3n) is 5.85. The molecule has 1 saturated heterocycles. The van der Waals surface area contributed by atoms with Crippen LogP contribution < -0.4 is 14.4 Å². The molecule has 0 bridgehead atoms. The number of methoxy groups -OCH3 is 1. The van der Waals surface area contributed by atoms with E-state index in [0.717, 1.165) is 43.2 Å². The average Bonchev–Trinajstić information content (AvgIpc) is 3.32. The molecule has 0 atom stereocenters. The highest BCUT2D eigenvalue weighted by atomic mass is 16.5. The Balaban J connectivity index is 1.31. The Morgan fingerprint density at radius 1 is 0.938 bits per heavy atom. The van der Waals surface area contributed by atoms with E-state index in [1.54, 1.807) is 7.11 Å². The van der Waals surface area contributed by atoms with Gasteiger partial charge in [0.25, 0.3) is 5.89 Å². The molecule has 0 N–H and O–H groups in total. The van der Waals surface area contributed by atoms with Gasteiger partial charge in [0, 0.05) is 42.8 Å². The summed E-state index contributed by atoms with van der Waals surface area (Å²) in [6.45, 7) is 4.40. The number of hydrogen-bond acceptors (Lipinski definition) is 7. The standard InChI is InChI=1S/C25H26N4O3/c1-28-12-14-29(15-13-28)23-5-3-4-18-6-11-21(16-22(18)23)31-17-24-26-25(27-32-24)19-7-9-20(30-2)10-8-19/h3-11,16H,12-15,17H2,1-2H3. The Morgan fingerprint density at radius 3 is 2.50 bits per heavy atom. The minimum Gasteiger partial charge on any atom is -0.497 e. The first-order valence-corrected chi connectivity index (χ1v) is 10.8. The van der Waals surface area contributed by atoms with Crippen molar-refractivity contribution in [3.63, 3.8) is 0 Å². The van der Waals surface area contributed by atoms with Gasteiger partial charge < -0.3 is 23.8 Å². The van der Waals surface area contributed by atoms with Crippen LogP contribution in [0.25, 0.3) is 22.2 Å². The monoisotopic (exact) mass is 430 g/mol. The summed E-state index contributed by atoms with van der Waals surface area (Å²) in [6.07, 6.45) is 0. The lowest BCUT2D eigenvalue weighted by molar-refractivity contribution is 0.243. The number of rotatable bonds is 6. The van der Waals surface area contributed by atoms with Gasteiger partial charge in [-0.1, -0.05) is 23.4 Å². The quantitative estimate of drug-likeness (QED) is 0.454. The number of aromatic nitrogens is 2. The van der Waals surface area contributed by atoms with E-state index in [4.69, 9.17) is 14.0 Å². The molecule has 0 amide bonds. The second kappa shape index (κ2) is 8.88. The fourth-order valence-corrected chi connectivity index (χ4v) is 3.96. The largest absolute Gasteiger partial charge is 0.497 e. The molecule has 0 radical (unpaired) electrons. The maximum absolute atomic E-state index is 6.00. The molecule has 1 fully saturated rings. The minimum atomic E-state index is 0.214. The third-order valence-corrected chi connectivity index (χ3v) is 5.85. The fourth-order valence-electron chi connectivity index (χ4n) is 3.96. The zero-order chi connectivity index (χ0) is 21.9. The van der Waals surface area contributed by atoms with Crippen molar-refractivity contribution in [2.24, 2.45) is 0 Å². The predicted octanol–water partition coefficient (Wildman–Crippen LogP) is 4.23. The molecular weight excluding hydrogens is 404 g/mol. The lowest BCUT2D eigenvalue weighted by atomic mass is 10.1. The lowest BCUT2D eigenvalue weighted by Crippen LogP contribution is -2.44. The molecule has 1 aliphatic rings. The van der Waals surface area contributed by atoms with E-state index >= 15 is 0 Å². The van der Waals surface area contributed by atoms with Crippen LogP contribution in [-0.2, 0) is 6.61 Å². The number of piperazine rings is 1. The number of nitrogens with zero attached hydrogens (tertiary/aromatic N) is 4. The normalized spacial score (nSPS) is 14.6. The van der Waals surface area contributed by atoms with Gasteiger partial charge in [0.2, 0.25) is 5.82 Å². The molecule has 164 valence electrons. The van der Waals surface area contributed by atoms with Crippen LogP contribution in [0, 0.1) is 0 Å². The van der Waals surface area contributed by atoms with Gasteiger partial charge in [0.1, 0.15) is 11.5 Å². The molecule has 0 spiro atoms. The molecule has 7 nitrogen and oxygen atoms in total. The molecule has 3 aromatic carbocycles. The molecular formula is C25H26N4O3. The van der Waals surface area contributed by atoms with Crippen LogP contribution in [0.3, 0.4) is 0 Å². The second-order valence-electron chi connectivity index (χ2n) is 7.98. The Labute approximate surface area is 187 Å². The van der Waals surface area contributed by atoms with E-state index in [1.807, 2.05) is 30.3 Å². The fraction of sp³-hybridized carbons (Fsp3) is 0.280. The van der Waals surface area contributed by atoms with Crippen LogP contribution in [0.4, 0.5) is 5.69 Å². The first kappa shape index (κ1) is 20.3. The summed E-state index contributed by atoms with van der Waals surface area (Å²) in [5.41, 5.74) is 2.11. The number of benzene rings is 3. The van der Waals surface area contributed by atoms with Crippen molar-refractivity contribution in [3.8, 4) is 22.9 Å². The number of hydrogen-bond donors (Lipinski definition) is 0. The molecule has 1 aromatic heterocycles. The summed E-state index contributed by atoms with van der Waals surface area (Å²) in [4.78, 5) is 9.27. The van der Waals surface area contributed by atoms with Crippen LogP contribution in [0.2, 0.25) is 0 Å². The maximum atomic E-state index is 6.00. The Hall–Kier alpha value is -3.58. The van der Waals surface area contributed by atoms with Crippen molar-refractivity contribution in [1.29, 1.82) is 0 Å². The van der Waals surface area contributed by atoms with Gasteiger partial charge in [-0.3, -0.25) is 0 Å². The van der Waals surface area contributed by atoms with Crippen LogP contribution in [0.15, 0.2) is 65.2 Å². The molecule has 0 aliphatic carbocycles. The summed E-state index contributed by atoms with van der Waals surface area (Å²) >= 11 is 0. The zero-order valence-electron chi connectivity index (χ0n) is 18.3. The van der Waals surface area contributed by atoms with Crippen molar-refractivity contribution in [2.45, 2.75) is 6.61 Å². The third kappa shape index (κ3) is 4.24. The van der Waals surface area contributed by atoms with Crippen molar-refractivity contribution in [1.82, 2.24) is 15.0 Å². The number of anilines is 1. The van der Waals surface area contributed by atoms with Crippen LogP contribution in [0.1, 0.15) is 5.89 Å². The van der Waals surface area contributed by atoms with Gasteiger partial charge in [-0.05, 0) is 54.9 Å². The highest BCUT2D eigenvalue weighted by Crippen LogP contribution is 2.31. The van der Waals surface area contributed by atoms with E-state index in [-0.39, 0.29) is 6.61 Å². The van der Waals surface area contributed by atoms with Crippen LogP contribution >= 0.6 is 0 Å². The molecule has 4 aromatic rings. The molecule has 0 unspecified atom stereocenters. The van der Waals surface area contributed by atoms with Crippen molar-refractivity contribution in [3.05, 3.63) is 66.6 Å². The SMILES string of the molecule is COc1ccc(-c2noc(COc3ccc4cccc(N5CCN(C)CC5)c4c3)n2)cc1. The summed E-state index contributed by atoms with van der Waals surface area (Å²) in [7, 11) is 3.81. The van der Waals surface area contributed by atoms with Gasteiger partial charge in [0.15, 0.2) is 6.61 Å². The summed E-state index contributed by atoms with van der Waals surface area (Å²) in [6, 6.07) is 20.2. The van der Waals surface area contributed by atoms with E-state index < -0.39 is 0 Å². The molecule has 0 saturated carbocycles. The number of ether oxygens (including phenoxy) is 2. The van der Waals surface area contributed by atoms with Crippen LogP contribution in [-0.4, -0.2) is 55.4 Å². The molecule has 1 aliphatic heterocycles. The molecule has 2 heterocycles. The summed E-state index contributed by atoms with van der Waals surface area (Å²) < 4.78 is 16.6. The van der Waals surface area contributed by atoms with E-state index in [1.165, 1.54) is 16.5 Å². The van der Waals surface area contributed by atoms with E-state index in [9.17, 15) is 0 Å².